The molecular formula is C13H22N2. The van der Waals surface area contributed by atoms with Crippen molar-refractivity contribution in [2.24, 2.45) is 5.92 Å². The second-order valence-electron chi connectivity index (χ2n) is 4.31. The summed E-state index contributed by atoms with van der Waals surface area (Å²) in [7, 11) is 0. The molecule has 2 heteroatoms. The summed E-state index contributed by atoms with van der Waals surface area (Å²) in [5.74, 6) is 0.758. The van der Waals surface area contributed by atoms with E-state index in [1.165, 1.54) is 18.4 Å². The summed E-state index contributed by atoms with van der Waals surface area (Å²) >= 11 is 0. The molecule has 2 atom stereocenters. The summed E-state index contributed by atoms with van der Waals surface area (Å²) in [6.07, 6.45) is 6.31. The molecule has 2 nitrogen and oxygen atoms in total. The normalized spacial score (nSPS) is 14.9. The maximum Gasteiger partial charge on any atom is 0.0315 e. The third-order valence-corrected chi connectivity index (χ3v) is 2.74. The van der Waals surface area contributed by atoms with Gasteiger partial charge in [-0.3, -0.25) is 4.98 Å². The molecule has 0 spiro atoms. The Balaban J connectivity index is 2.33. The number of hydrogen-bond acceptors (Lipinski definition) is 2. The molecule has 0 fully saturated rings. The van der Waals surface area contributed by atoms with E-state index >= 15 is 0 Å². The number of pyridine rings is 1. The highest BCUT2D eigenvalue weighted by Crippen LogP contribution is 2.11. The molecule has 1 N–H and O–H groups in total. The smallest absolute Gasteiger partial charge is 0.0315 e. The first kappa shape index (κ1) is 12.2. The Morgan fingerprint density at radius 1 is 1.40 bits per heavy atom. The topological polar surface area (TPSA) is 24.9 Å². The third kappa shape index (κ3) is 4.43. The molecule has 1 heterocycles. The van der Waals surface area contributed by atoms with Crippen LogP contribution < -0.4 is 5.32 Å². The average molecular weight is 206 g/mol. The van der Waals surface area contributed by atoms with E-state index in [9.17, 15) is 0 Å². The Bertz CT molecular complexity index is 258. The Morgan fingerprint density at radius 2 is 2.20 bits per heavy atom. The van der Waals surface area contributed by atoms with Crippen LogP contribution in [0.3, 0.4) is 0 Å². The van der Waals surface area contributed by atoms with Gasteiger partial charge in [-0.1, -0.05) is 26.3 Å². The summed E-state index contributed by atoms with van der Waals surface area (Å²) in [6.45, 7) is 7.81. The molecular weight excluding hydrogens is 184 g/mol. The Hall–Kier alpha value is -0.890. The highest BCUT2D eigenvalue weighted by Gasteiger charge is 2.06. The quantitative estimate of drug-likeness (QED) is 0.773. The monoisotopic (exact) mass is 206 g/mol. The van der Waals surface area contributed by atoms with Crippen molar-refractivity contribution < 1.29 is 0 Å². The van der Waals surface area contributed by atoms with Gasteiger partial charge < -0.3 is 5.32 Å². The van der Waals surface area contributed by atoms with Crippen molar-refractivity contribution in [1.82, 2.24) is 10.3 Å². The fourth-order valence-corrected chi connectivity index (χ4v) is 1.72. The first-order valence-electron chi connectivity index (χ1n) is 5.87. The Morgan fingerprint density at radius 3 is 2.80 bits per heavy atom. The van der Waals surface area contributed by atoms with Gasteiger partial charge in [0.2, 0.25) is 0 Å². The molecule has 0 amide bonds. The zero-order chi connectivity index (χ0) is 11.1. The lowest BCUT2D eigenvalue weighted by atomic mass is 10.1. The van der Waals surface area contributed by atoms with Crippen molar-refractivity contribution in [1.29, 1.82) is 0 Å². The van der Waals surface area contributed by atoms with Gasteiger partial charge in [0.1, 0.15) is 0 Å². The van der Waals surface area contributed by atoms with Crippen LogP contribution in [0, 0.1) is 5.92 Å². The van der Waals surface area contributed by atoms with E-state index in [1.807, 2.05) is 18.5 Å². The van der Waals surface area contributed by atoms with E-state index in [4.69, 9.17) is 0 Å². The standard InChI is InChI=1S/C13H22N2/c1-4-6-11(2)9-15-12(3)13-7-5-8-14-10-13/h5,7-8,10-12,15H,4,6,9H2,1-3H3/t11-,12+/m0/s1. The van der Waals surface area contributed by atoms with Gasteiger partial charge in [0, 0.05) is 18.4 Å². The van der Waals surface area contributed by atoms with Gasteiger partial charge in [0.15, 0.2) is 0 Å². The van der Waals surface area contributed by atoms with Crippen molar-refractivity contribution in [2.75, 3.05) is 6.54 Å². The maximum absolute atomic E-state index is 4.13. The summed E-state index contributed by atoms with van der Waals surface area (Å²) in [4.78, 5) is 4.13. The second kappa shape index (κ2) is 6.57. The molecule has 0 saturated carbocycles. The van der Waals surface area contributed by atoms with Crippen LogP contribution in [0.4, 0.5) is 0 Å². The highest BCUT2D eigenvalue weighted by atomic mass is 14.9. The molecule has 0 radical (unpaired) electrons. The predicted octanol–water partition coefficient (Wildman–Crippen LogP) is 3.17. The van der Waals surface area contributed by atoms with Crippen LogP contribution in [0.25, 0.3) is 0 Å². The first-order chi connectivity index (χ1) is 7.24. The van der Waals surface area contributed by atoms with Gasteiger partial charge in [-0.2, -0.15) is 0 Å². The van der Waals surface area contributed by atoms with Crippen molar-refractivity contribution >= 4 is 0 Å². The van der Waals surface area contributed by atoms with Crippen LogP contribution in [-0.2, 0) is 0 Å². The first-order valence-corrected chi connectivity index (χ1v) is 5.87. The van der Waals surface area contributed by atoms with E-state index in [-0.39, 0.29) is 0 Å². The molecule has 0 aliphatic heterocycles. The SMILES string of the molecule is CCC[C@H](C)CN[C@H](C)c1cccnc1. The Labute approximate surface area is 93.1 Å². The van der Waals surface area contributed by atoms with Crippen molar-refractivity contribution in [2.45, 2.75) is 39.7 Å². The van der Waals surface area contributed by atoms with Gasteiger partial charge in [-0.15, -0.1) is 0 Å². The van der Waals surface area contributed by atoms with E-state index < -0.39 is 0 Å². The van der Waals surface area contributed by atoms with Gasteiger partial charge in [-0.05, 0) is 37.4 Å². The van der Waals surface area contributed by atoms with Gasteiger partial charge in [0.05, 0.1) is 0 Å². The molecule has 1 aromatic rings. The van der Waals surface area contributed by atoms with Crippen LogP contribution >= 0.6 is 0 Å². The van der Waals surface area contributed by atoms with E-state index in [0.717, 1.165) is 12.5 Å². The predicted molar refractivity (Wildman–Crippen MR) is 64.7 cm³/mol. The van der Waals surface area contributed by atoms with Crippen molar-refractivity contribution in [3.8, 4) is 0 Å². The van der Waals surface area contributed by atoms with E-state index in [2.05, 4.69) is 37.1 Å². The number of nitrogens with zero attached hydrogens (tertiary/aromatic N) is 1. The van der Waals surface area contributed by atoms with Crippen molar-refractivity contribution in [3.63, 3.8) is 0 Å². The van der Waals surface area contributed by atoms with E-state index in [0.29, 0.717) is 6.04 Å². The molecule has 15 heavy (non-hydrogen) atoms. The molecule has 0 aliphatic rings. The molecule has 1 aromatic heterocycles. The summed E-state index contributed by atoms with van der Waals surface area (Å²) in [5, 5.41) is 3.54. The number of rotatable bonds is 6. The lowest BCUT2D eigenvalue weighted by molar-refractivity contribution is 0.443. The van der Waals surface area contributed by atoms with Crippen LogP contribution in [0.15, 0.2) is 24.5 Å². The lowest BCUT2D eigenvalue weighted by Crippen LogP contribution is -2.24. The Kier molecular flexibility index (Phi) is 5.33. The maximum atomic E-state index is 4.13. The van der Waals surface area contributed by atoms with Gasteiger partial charge in [0.25, 0.3) is 0 Å². The van der Waals surface area contributed by atoms with Crippen LogP contribution in [0.2, 0.25) is 0 Å². The third-order valence-electron chi connectivity index (χ3n) is 2.74. The van der Waals surface area contributed by atoms with Gasteiger partial charge >= 0.3 is 0 Å². The highest BCUT2D eigenvalue weighted by molar-refractivity contribution is 5.12. The van der Waals surface area contributed by atoms with Gasteiger partial charge in [-0.25, -0.2) is 0 Å². The number of nitrogens with one attached hydrogen (secondary N) is 1. The zero-order valence-electron chi connectivity index (χ0n) is 10.0. The second-order valence-corrected chi connectivity index (χ2v) is 4.31. The summed E-state index contributed by atoms with van der Waals surface area (Å²) in [5.41, 5.74) is 1.26. The number of aromatic nitrogens is 1. The minimum atomic E-state index is 0.401. The van der Waals surface area contributed by atoms with Crippen molar-refractivity contribution in [3.05, 3.63) is 30.1 Å². The molecule has 0 aliphatic carbocycles. The fraction of sp³-hybridized carbons (Fsp3) is 0.615. The molecule has 0 saturated heterocycles. The van der Waals surface area contributed by atoms with Crippen LogP contribution in [0.5, 0.6) is 0 Å². The molecule has 84 valence electrons. The number of hydrogen-bond donors (Lipinski definition) is 1. The largest absolute Gasteiger partial charge is 0.310 e. The molecule has 0 unspecified atom stereocenters. The van der Waals surface area contributed by atoms with Crippen LogP contribution in [0.1, 0.15) is 45.2 Å². The molecule has 0 aromatic carbocycles. The lowest BCUT2D eigenvalue weighted by Gasteiger charge is -2.17. The average Bonchev–Trinajstić information content (AvgIpc) is 2.27. The fourth-order valence-electron chi connectivity index (χ4n) is 1.72. The molecule has 1 rings (SSSR count). The van der Waals surface area contributed by atoms with E-state index in [1.54, 1.807) is 0 Å². The zero-order valence-corrected chi connectivity index (χ0v) is 10.0. The molecule has 0 bridgehead atoms. The minimum Gasteiger partial charge on any atom is -0.310 e. The summed E-state index contributed by atoms with van der Waals surface area (Å²) < 4.78 is 0. The van der Waals surface area contributed by atoms with Crippen LogP contribution in [-0.4, -0.2) is 11.5 Å². The minimum absolute atomic E-state index is 0.401. The summed E-state index contributed by atoms with van der Waals surface area (Å²) in [6, 6.07) is 4.51.